The van der Waals surface area contributed by atoms with E-state index in [0.29, 0.717) is 10.7 Å². The van der Waals surface area contributed by atoms with E-state index in [9.17, 15) is 14.9 Å². The van der Waals surface area contributed by atoms with Crippen molar-refractivity contribution in [1.29, 1.82) is 0 Å². The highest BCUT2D eigenvalue weighted by molar-refractivity contribution is 6.42. The summed E-state index contributed by atoms with van der Waals surface area (Å²) in [5.74, 6) is -0.710. The molecule has 7 heteroatoms. The van der Waals surface area contributed by atoms with E-state index >= 15 is 0 Å². The number of nitrogens with zero attached hydrogens (tertiary/aromatic N) is 1. The lowest BCUT2D eigenvalue weighted by molar-refractivity contribution is -0.467. The molecule has 0 bridgehead atoms. The summed E-state index contributed by atoms with van der Waals surface area (Å²) in [4.78, 5) is 20.3. The Labute approximate surface area is 95.1 Å². The molecule has 0 heterocycles. The lowest BCUT2D eigenvalue weighted by atomic mass is 10.3. The Hall–Kier alpha value is -1.33. The van der Waals surface area contributed by atoms with Crippen LogP contribution in [0.1, 0.15) is 0 Å². The van der Waals surface area contributed by atoms with Gasteiger partial charge in [0.25, 0.3) is 12.5 Å². The summed E-state index contributed by atoms with van der Waals surface area (Å²) in [5.41, 5.74) is 0.372. The molecule has 0 atom stereocenters. The van der Waals surface area contributed by atoms with E-state index in [0.717, 1.165) is 0 Å². The van der Waals surface area contributed by atoms with Crippen LogP contribution in [0.15, 0.2) is 18.2 Å². The molecule has 0 aliphatic rings. The first-order valence-corrected chi connectivity index (χ1v) is 4.61. The second-order valence-corrected chi connectivity index (χ2v) is 3.48. The lowest BCUT2D eigenvalue weighted by Gasteiger charge is -2.03. The molecule has 0 saturated carbocycles. The number of carbonyl (C=O) groups is 1. The van der Waals surface area contributed by atoms with Crippen molar-refractivity contribution in [1.82, 2.24) is 0 Å². The predicted octanol–water partition coefficient (Wildman–Crippen LogP) is 2.21. The highest BCUT2D eigenvalue weighted by Gasteiger charge is 2.09. The Morgan fingerprint density at radius 2 is 2.07 bits per heavy atom. The zero-order chi connectivity index (χ0) is 11.4. The number of anilines is 1. The average Bonchev–Trinajstić information content (AvgIpc) is 2.10. The predicted molar refractivity (Wildman–Crippen MR) is 57.0 cm³/mol. The van der Waals surface area contributed by atoms with Crippen LogP contribution >= 0.6 is 23.2 Å². The van der Waals surface area contributed by atoms with Gasteiger partial charge in [-0.15, -0.1) is 0 Å². The number of amides is 1. The Morgan fingerprint density at radius 3 is 2.60 bits per heavy atom. The summed E-state index contributed by atoms with van der Waals surface area (Å²) in [5, 5.41) is 13.0. The summed E-state index contributed by atoms with van der Waals surface area (Å²) in [6, 6.07) is 4.42. The zero-order valence-corrected chi connectivity index (χ0v) is 8.88. The summed E-state index contributed by atoms with van der Waals surface area (Å²) < 4.78 is 0. The van der Waals surface area contributed by atoms with Crippen molar-refractivity contribution in [3.05, 3.63) is 38.4 Å². The van der Waals surface area contributed by atoms with Crippen LogP contribution in [0.4, 0.5) is 5.69 Å². The van der Waals surface area contributed by atoms with Crippen LogP contribution < -0.4 is 5.32 Å². The molecule has 0 unspecified atom stereocenters. The molecule has 0 saturated heterocycles. The van der Waals surface area contributed by atoms with E-state index in [2.05, 4.69) is 5.32 Å². The quantitative estimate of drug-likeness (QED) is 0.659. The fourth-order valence-corrected chi connectivity index (χ4v) is 1.19. The van der Waals surface area contributed by atoms with Crippen LogP contribution in [0.5, 0.6) is 0 Å². The molecule has 1 aromatic carbocycles. The van der Waals surface area contributed by atoms with Gasteiger partial charge in [-0.1, -0.05) is 23.2 Å². The van der Waals surface area contributed by atoms with Crippen molar-refractivity contribution >= 4 is 34.8 Å². The third-order valence-electron chi connectivity index (χ3n) is 1.48. The number of hydrogen-bond donors (Lipinski definition) is 1. The van der Waals surface area contributed by atoms with Crippen molar-refractivity contribution in [2.45, 2.75) is 0 Å². The molecule has 0 aromatic heterocycles. The zero-order valence-electron chi connectivity index (χ0n) is 7.37. The molecule has 0 aliphatic heterocycles. The van der Waals surface area contributed by atoms with Crippen molar-refractivity contribution in [3.8, 4) is 0 Å². The maximum absolute atomic E-state index is 11.0. The molecule has 1 N–H and O–H groups in total. The molecule has 15 heavy (non-hydrogen) atoms. The Bertz CT molecular complexity index is 409. The monoisotopic (exact) mass is 248 g/mol. The number of carbonyl (C=O) groups excluding carboxylic acids is 1. The molecular weight excluding hydrogens is 243 g/mol. The third kappa shape index (κ3) is 3.73. The van der Waals surface area contributed by atoms with Gasteiger partial charge < -0.3 is 5.32 Å². The van der Waals surface area contributed by atoms with Gasteiger partial charge in [0.15, 0.2) is 0 Å². The second-order valence-electron chi connectivity index (χ2n) is 2.67. The van der Waals surface area contributed by atoms with E-state index in [1.165, 1.54) is 18.2 Å². The standard InChI is InChI=1S/C8H6Cl2N2O3/c9-6-2-1-5(3-7(6)10)11-8(13)4-12(14)15/h1-3H,4H2,(H,11,13). The molecular formula is C8H6Cl2N2O3. The number of rotatable bonds is 3. The molecule has 0 fully saturated rings. The van der Waals surface area contributed by atoms with E-state index in [4.69, 9.17) is 23.2 Å². The van der Waals surface area contributed by atoms with Crippen molar-refractivity contribution in [2.75, 3.05) is 11.9 Å². The number of nitrogens with one attached hydrogen (secondary N) is 1. The summed E-state index contributed by atoms with van der Waals surface area (Å²) in [6.07, 6.45) is 0. The third-order valence-corrected chi connectivity index (χ3v) is 2.22. The minimum absolute atomic E-state index is 0.274. The minimum atomic E-state index is -0.778. The highest BCUT2D eigenvalue weighted by atomic mass is 35.5. The molecule has 1 aromatic rings. The first-order valence-electron chi connectivity index (χ1n) is 3.86. The van der Waals surface area contributed by atoms with E-state index in [1.54, 1.807) is 0 Å². The van der Waals surface area contributed by atoms with Gasteiger partial charge >= 0.3 is 0 Å². The SMILES string of the molecule is O=C(C[N+](=O)[O-])Nc1ccc(Cl)c(Cl)c1. The van der Waals surface area contributed by atoms with Gasteiger partial charge in [-0.2, -0.15) is 0 Å². The molecule has 5 nitrogen and oxygen atoms in total. The van der Waals surface area contributed by atoms with Crippen LogP contribution in [0.25, 0.3) is 0 Å². The Balaban J connectivity index is 2.69. The molecule has 0 spiro atoms. The van der Waals surface area contributed by atoms with Crippen LogP contribution in [0.2, 0.25) is 10.0 Å². The second kappa shape index (κ2) is 4.95. The van der Waals surface area contributed by atoms with Gasteiger partial charge in [-0.3, -0.25) is 14.9 Å². The molecule has 0 aliphatic carbocycles. The van der Waals surface area contributed by atoms with Crippen molar-refractivity contribution in [3.63, 3.8) is 0 Å². The maximum atomic E-state index is 11.0. The van der Waals surface area contributed by atoms with Gasteiger partial charge in [0, 0.05) is 10.6 Å². The summed E-state index contributed by atoms with van der Waals surface area (Å²) >= 11 is 11.3. The number of benzene rings is 1. The van der Waals surface area contributed by atoms with Crippen molar-refractivity contribution < 1.29 is 9.72 Å². The fourth-order valence-electron chi connectivity index (χ4n) is 0.892. The maximum Gasteiger partial charge on any atom is 0.296 e. The number of hydrogen-bond acceptors (Lipinski definition) is 3. The van der Waals surface area contributed by atoms with Gasteiger partial charge in [-0.25, -0.2) is 0 Å². The summed E-state index contributed by atoms with van der Waals surface area (Å²) in [6.45, 7) is -0.778. The van der Waals surface area contributed by atoms with Crippen LogP contribution in [0.3, 0.4) is 0 Å². The molecule has 1 rings (SSSR count). The van der Waals surface area contributed by atoms with Gasteiger partial charge in [0.2, 0.25) is 0 Å². The molecule has 80 valence electrons. The fraction of sp³-hybridized carbons (Fsp3) is 0.125. The Kier molecular flexibility index (Phi) is 3.88. The first kappa shape index (κ1) is 11.7. The lowest BCUT2D eigenvalue weighted by Crippen LogP contribution is -2.21. The van der Waals surface area contributed by atoms with E-state index < -0.39 is 17.4 Å². The molecule has 0 radical (unpaired) electrons. The van der Waals surface area contributed by atoms with E-state index in [1.807, 2.05) is 0 Å². The van der Waals surface area contributed by atoms with Crippen LogP contribution in [-0.4, -0.2) is 17.4 Å². The van der Waals surface area contributed by atoms with Gasteiger partial charge in [-0.05, 0) is 18.2 Å². The largest absolute Gasteiger partial charge is 0.320 e. The smallest absolute Gasteiger partial charge is 0.296 e. The normalized spacial score (nSPS) is 9.73. The van der Waals surface area contributed by atoms with Crippen LogP contribution in [-0.2, 0) is 4.79 Å². The first-order chi connectivity index (χ1) is 6.99. The number of nitro groups is 1. The topological polar surface area (TPSA) is 72.2 Å². The van der Waals surface area contributed by atoms with Gasteiger partial charge in [0.05, 0.1) is 10.0 Å². The molecule has 1 amide bonds. The Morgan fingerprint density at radius 1 is 1.40 bits per heavy atom. The number of halogens is 2. The average molecular weight is 249 g/mol. The van der Waals surface area contributed by atoms with Crippen molar-refractivity contribution in [2.24, 2.45) is 0 Å². The van der Waals surface area contributed by atoms with Gasteiger partial charge in [0.1, 0.15) is 0 Å². The summed E-state index contributed by atoms with van der Waals surface area (Å²) in [7, 11) is 0. The van der Waals surface area contributed by atoms with Crippen LogP contribution in [0, 0.1) is 10.1 Å². The highest BCUT2D eigenvalue weighted by Crippen LogP contribution is 2.24. The van der Waals surface area contributed by atoms with E-state index in [-0.39, 0.29) is 5.02 Å². The minimum Gasteiger partial charge on any atom is -0.320 e.